The van der Waals surface area contributed by atoms with Gasteiger partial charge in [0.25, 0.3) is 0 Å². The van der Waals surface area contributed by atoms with Gasteiger partial charge in [-0.05, 0) is 25.7 Å². The second-order valence-electron chi connectivity index (χ2n) is 6.43. The van der Waals surface area contributed by atoms with E-state index in [4.69, 9.17) is 10.2 Å². The molecule has 2 atom stereocenters. The van der Waals surface area contributed by atoms with Crippen molar-refractivity contribution in [2.75, 3.05) is 0 Å². The fourth-order valence-electron chi connectivity index (χ4n) is 2.66. The maximum atomic E-state index is 12.8. The number of rotatable bonds is 17. The van der Waals surface area contributed by atoms with Crippen molar-refractivity contribution in [3.8, 4) is 0 Å². The van der Waals surface area contributed by atoms with Gasteiger partial charge in [-0.2, -0.15) is 0 Å². The van der Waals surface area contributed by atoms with Crippen molar-refractivity contribution in [2.45, 2.75) is 102 Å². The lowest BCUT2D eigenvalue weighted by atomic mass is 10.0. The third-order valence-electron chi connectivity index (χ3n) is 4.20. The van der Waals surface area contributed by atoms with Crippen LogP contribution in [0, 0.1) is 0 Å². The summed E-state index contributed by atoms with van der Waals surface area (Å²) in [6.07, 6.45) is 8.77. The first-order chi connectivity index (χ1) is 11.4. The van der Waals surface area contributed by atoms with E-state index in [-0.39, 0.29) is 12.8 Å². The first-order valence-corrected chi connectivity index (χ1v) is 9.19. The Bertz CT molecular complexity index is 305. The molecule has 0 saturated heterocycles. The normalized spacial score (nSPS) is 13.6. The van der Waals surface area contributed by atoms with E-state index in [2.05, 4.69) is 0 Å². The summed E-state index contributed by atoms with van der Waals surface area (Å²) in [7, 11) is 0. The lowest BCUT2D eigenvalue weighted by Gasteiger charge is -2.05. The van der Waals surface area contributed by atoms with Gasteiger partial charge in [0.1, 0.15) is 0 Å². The molecule has 4 nitrogen and oxygen atoms in total. The summed E-state index contributed by atoms with van der Waals surface area (Å²) in [5.74, 6) is -2.72. The Morgan fingerprint density at radius 3 is 0.958 bits per heavy atom. The Morgan fingerprint density at radius 2 is 0.750 bits per heavy atom. The minimum Gasteiger partial charge on any atom is -0.479 e. The van der Waals surface area contributed by atoms with E-state index in [1.807, 2.05) is 0 Å². The number of alkyl halides is 2. The molecule has 2 N–H and O–H groups in total. The molecule has 0 rings (SSSR count). The minimum atomic E-state index is -1.72. The number of unbranched alkanes of at least 4 members (excludes halogenated alkanes) is 11. The molecule has 0 aromatic heterocycles. The Kier molecular flexibility index (Phi) is 14.6. The predicted octanol–water partition coefficient (Wildman–Crippen LogP) is 5.29. The van der Waals surface area contributed by atoms with Crippen LogP contribution >= 0.6 is 0 Å². The third kappa shape index (κ3) is 14.4. The van der Waals surface area contributed by atoms with E-state index in [1.54, 1.807) is 0 Å². The van der Waals surface area contributed by atoms with Crippen LogP contribution in [-0.4, -0.2) is 34.5 Å². The van der Waals surface area contributed by atoms with Gasteiger partial charge in [-0.25, -0.2) is 18.4 Å². The van der Waals surface area contributed by atoms with Crippen LogP contribution in [0.1, 0.15) is 89.9 Å². The highest BCUT2D eigenvalue weighted by Gasteiger charge is 2.14. The Morgan fingerprint density at radius 1 is 0.542 bits per heavy atom. The minimum absolute atomic E-state index is 0.116. The molecule has 0 spiro atoms. The zero-order chi connectivity index (χ0) is 18.2. The number of halogens is 2. The molecule has 0 fully saturated rings. The Balaban J connectivity index is 3.15. The van der Waals surface area contributed by atoms with Gasteiger partial charge in [0.05, 0.1) is 0 Å². The second-order valence-corrected chi connectivity index (χ2v) is 6.43. The van der Waals surface area contributed by atoms with Crippen LogP contribution in [0.15, 0.2) is 0 Å². The van der Waals surface area contributed by atoms with Crippen molar-refractivity contribution in [1.29, 1.82) is 0 Å². The summed E-state index contributed by atoms with van der Waals surface area (Å²) in [6.45, 7) is 0. The maximum absolute atomic E-state index is 12.8. The molecule has 0 amide bonds. The lowest BCUT2D eigenvalue weighted by Crippen LogP contribution is -2.13. The molecule has 0 aromatic rings. The molecule has 0 bridgehead atoms. The van der Waals surface area contributed by atoms with Gasteiger partial charge in [-0.15, -0.1) is 0 Å². The van der Waals surface area contributed by atoms with Gasteiger partial charge in [0.15, 0.2) is 12.3 Å². The second kappa shape index (κ2) is 15.3. The lowest BCUT2D eigenvalue weighted by molar-refractivity contribution is -0.143. The number of hydrogen-bond donors (Lipinski definition) is 2. The van der Waals surface area contributed by atoms with E-state index < -0.39 is 24.3 Å². The van der Waals surface area contributed by atoms with E-state index in [0.717, 1.165) is 51.4 Å². The zero-order valence-corrected chi connectivity index (χ0v) is 14.5. The van der Waals surface area contributed by atoms with Crippen molar-refractivity contribution in [3.05, 3.63) is 0 Å². The van der Waals surface area contributed by atoms with Gasteiger partial charge in [0, 0.05) is 0 Å². The van der Waals surface area contributed by atoms with Gasteiger partial charge in [-0.1, -0.05) is 64.2 Å². The number of hydrogen-bond acceptors (Lipinski definition) is 2. The van der Waals surface area contributed by atoms with E-state index in [9.17, 15) is 18.4 Å². The van der Waals surface area contributed by atoms with Crippen LogP contribution < -0.4 is 0 Å². The Labute approximate surface area is 143 Å². The molecule has 142 valence electrons. The fourth-order valence-corrected chi connectivity index (χ4v) is 2.66. The van der Waals surface area contributed by atoms with Gasteiger partial charge >= 0.3 is 11.9 Å². The van der Waals surface area contributed by atoms with Crippen molar-refractivity contribution >= 4 is 11.9 Å². The average Bonchev–Trinajstić information content (AvgIpc) is 2.54. The van der Waals surface area contributed by atoms with Gasteiger partial charge in [0.2, 0.25) is 0 Å². The molecule has 0 saturated carbocycles. The summed E-state index contributed by atoms with van der Waals surface area (Å²) in [6, 6.07) is 0. The zero-order valence-electron chi connectivity index (χ0n) is 14.5. The molecule has 0 aliphatic rings. The topological polar surface area (TPSA) is 74.6 Å². The summed E-state index contributed by atoms with van der Waals surface area (Å²) in [4.78, 5) is 20.6. The molecule has 0 aliphatic carbocycles. The predicted molar refractivity (Wildman–Crippen MR) is 89.7 cm³/mol. The van der Waals surface area contributed by atoms with Crippen LogP contribution in [0.3, 0.4) is 0 Å². The number of carbonyl (C=O) groups is 2. The fraction of sp³-hybridized carbons (Fsp3) is 0.889. The van der Waals surface area contributed by atoms with Crippen LogP contribution in [0.25, 0.3) is 0 Å². The van der Waals surface area contributed by atoms with E-state index in [1.165, 1.54) is 12.8 Å². The molecule has 0 aromatic carbocycles. The monoisotopic (exact) mass is 350 g/mol. The van der Waals surface area contributed by atoms with Crippen LogP contribution in [0.2, 0.25) is 0 Å². The van der Waals surface area contributed by atoms with Crippen LogP contribution in [-0.2, 0) is 9.59 Å². The highest BCUT2D eigenvalue weighted by molar-refractivity contribution is 5.72. The molecule has 6 heteroatoms. The Hall–Kier alpha value is -1.20. The van der Waals surface area contributed by atoms with Gasteiger partial charge in [-0.3, -0.25) is 0 Å². The number of carboxylic acids is 2. The summed E-state index contributed by atoms with van der Waals surface area (Å²) >= 11 is 0. The molecular formula is C18H32F2O4. The van der Waals surface area contributed by atoms with Crippen molar-refractivity contribution < 1.29 is 28.6 Å². The molecule has 2 unspecified atom stereocenters. The molecule has 24 heavy (non-hydrogen) atoms. The van der Waals surface area contributed by atoms with Crippen molar-refractivity contribution in [2.24, 2.45) is 0 Å². The van der Waals surface area contributed by atoms with Gasteiger partial charge < -0.3 is 10.2 Å². The van der Waals surface area contributed by atoms with Crippen molar-refractivity contribution in [1.82, 2.24) is 0 Å². The number of aliphatic carboxylic acids is 2. The van der Waals surface area contributed by atoms with Crippen molar-refractivity contribution in [3.63, 3.8) is 0 Å². The smallest absolute Gasteiger partial charge is 0.338 e. The van der Waals surface area contributed by atoms with E-state index >= 15 is 0 Å². The quantitative estimate of drug-likeness (QED) is 0.349. The number of carboxylic acid groups (broad SMARTS) is 2. The van der Waals surface area contributed by atoms with E-state index in [0.29, 0.717) is 12.8 Å². The highest BCUT2D eigenvalue weighted by Crippen LogP contribution is 2.14. The highest BCUT2D eigenvalue weighted by atomic mass is 19.1. The van der Waals surface area contributed by atoms with Crippen LogP contribution in [0.5, 0.6) is 0 Å². The van der Waals surface area contributed by atoms with Crippen LogP contribution in [0.4, 0.5) is 8.78 Å². The summed E-state index contributed by atoms with van der Waals surface area (Å²) in [5, 5.41) is 16.8. The summed E-state index contributed by atoms with van der Waals surface area (Å²) < 4.78 is 25.6. The summed E-state index contributed by atoms with van der Waals surface area (Å²) in [5.41, 5.74) is 0. The molecule has 0 heterocycles. The average molecular weight is 350 g/mol. The first kappa shape index (κ1) is 22.8. The molecular weight excluding hydrogens is 318 g/mol. The third-order valence-corrected chi connectivity index (χ3v) is 4.20. The largest absolute Gasteiger partial charge is 0.479 e. The maximum Gasteiger partial charge on any atom is 0.338 e. The molecule has 0 radical (unpaired) electrons. The molecule has 0 aliphatic heterocycles. The standard InChI is InChI=1S/C18H32F2O4/c19-15(17(21)22)13-11-9-7-5-3-1-2-4-6-8-10-12-14-16(20)18(23)24/h15-16H,1-14H2,(H,21,22)(H,23,24). The first-order valence-electron chi connectivity index (χ1n) is 9.19. The SMILES string of the molecule is O=C(O)C(F)CCCCCCCCCCCCCCC(F)C(=O)O.